The monoisotopic (exact) mass is 407 g/mol. The highest BCUT2D eigenvalue weighted by atomic mass is 16.5. The van der Waals surface area contributed by atoms with E-state index in [1.54, 1.807) is 11.1 Å². The highest BCUT2D eigenvalue weighted by Gasteiger charge is 2.91. The smallest absolute Gasteiger partial charge is 0.126 e. The molecule has 1 N–H and O–H groups in total. The first kappa shape index (κ1) is 18.5. The molecule has 30 heavy (non-hydrogen) atoms. The van der Waals surface area contributed by atoms with Gasteiger partial charge in [-0.2, -0.15) is 0 Å². The number of nitrogens with zero attached hydrogens (tertiary/aromatic N) is 1. The van der Waals surface area contributed by atoms with E-state index in [1.165, 1.54) is 37.0 Å². The van der Waals surface area contributed by atoms with Crippen molar-refractivity contribution in [3.8, 4) is 5.75 Å². The van der Waals surface area contributed by atoms with Crippen molar-refractivity contribution >= 4 is 0 Å². The van der Waals surface area contributed by atoms with E-state index in [0.29, 0.717) is 11.6 Å². The molecule has 2 aliphatic heterocycles. The largest absolute Gasteiger partial charge is 0.488 e. The zero-order chi connectivity index (χ0) is 21.3. The summed E-state index contributed by atoms with van der Waals surface area (Å²) in [4.78, 5) is 2.72. The molecule has 0 radical (unpaired) electrons. The molecule has 3 spiro atoms. The Kier molecular flexibility index (Phi) is 2.79. The Morgan fingerprint density at radius 3 is 2.60 bits per heavy atom. The molecule has 7 aliphatic rings. The molecule has 5 aliphatic carbocycles. The molecule has 3 heteroatoms. The number of piperidine rings is 1. The minimum atomic E-state index is -0.718. The fourth-order valence-electron chi connectivity index (χ4n) is 10.1. The first-order valence-electron chi connectivity index (χ1n) is 12.1. The van der Waals surface area contributed by atoms with Gasteiger partial charge in [-0.05, 0) is 75.5 Å². The van der Waals surface area contributed by atoms with E-state index in [-0.39, 0.29) is 33.7 Å². The lowest BCUT2D eigenvalue weighted by molar-refractivity contribution is -0.246. The summed E-state index contributed by atoms with van der Waals surface area (Å²) in [5.41, 5.74) is 4.34. The number of hydrogen-bond acceptors (Lipinski definition) is 3. The summed E-state index contributed by atoms with van der Waals surface area (Å²) >= 11 is 0. The van der Waals surface area contributed by atoms with Crippen LogP contribution in [0.1, 0.15) is 77.0 Å². The van der Waals surface area contributed by atoms with Gasteiger partial charge in [0.15, 0.2) is 0 Å². The normalized spacial score (nSPS) is 53.1. The standard InChI is InChI=1S/C27H37NO2/c1-15-8-9-16-12-26-14-27-18(16)19(15)30-21(27)23(5)10-11-25(27,20(26)28(26)7)13-17(23)24(6,29)22(2,3)4/h8-9,17,20-21,29H,10-14H2,1-7H3/t17?,20-,21?,23?,24?,25?,26+,27-,28?/m0/s1. The summed E-state index contributed by atoms with van der Waals surface area (Å²) in [6, 6.07) is 5.36. The van der Waals surface area contributed by atoms with Gasteiger partial charge >= 0.3 is 0 Å². The number of likely N-dealkylation sites (tertiary alicyclic amines) is 1. The van der Waals surface area contributed by atoms with Crippen molar-refractivity contribution < 1.29 is 9.84 Å². The van der Waals surface area contributed by atoms with Crippen molar-refractivity contribution in [3.63, 3.8) is 0 Å². The Morgan fingerprint density at radius 1 is 1.17 bits per heavy atom. The van der Waals surface area contributed by atoms with Crippen molar-refractivity contribution in [1.29, 1.82) is 0 Å². The van der Waals surface area contributed by atoms with Gasteiger partial charge in [0, 0.05) is 33.4 Å². The number of ether oxygens (including phenoxy) is 1. The van der Waals surface area contributed by atoms with Crippen LogP contribution in [0.2, 0.25) is 0 Å². The summed E-state index contributed by atoms with van der Waals surface area (Å²) in [6.07, 6.45) is 6.29. The SMILES string of the molecule is Cc1ccc2c3c1OC1C4(C)CCC5(CC4C(C)(O)C(C)(C)C)[C@@H]4N(C)[C@]4(C2)C[C@]315. The lowest BCUT2D eigenvalue weighted by atomic mass is 9.35. The number of rotatable bonds is 1. The molecule has 0 aromatic heterocycles. The first-order chi connectivity index (χ1) is 13.9. The topological polar surface area (TPSA) is 32.5 Å². The fourth-order valence-corrected chi connectivity index (χ4v) is 10.1. The average molecular weight is 408 g/mol. The highest BCUT2D eigenvalue weighted by Crippen LogP contribution is 2.86. The third-order valence-corrected chi connectivity index (χ3v) is 11.9. The number of fused-ring (bicyclic) bond motifs is 2. The summed E-state index contributed by atoms with van der Waals surface area (Å²) in [6.45, 7) is 13.5. The van der Waals surface area contributed by atoms with Crippen LogP contribution < -0.4 is 4.74 Å². The summed E-state index contributed by atoms with van der Waals surface area (Å²) in [5, 5.41) is 12.0. The zero-order valence-electron chi connectivity index (χ0n) is 19.7. The highest BCUT2D eigenvalue weighted by molar-refractivity contribution is 5.65. The summed E-state index contributed by atoms with van der Waals surface area (Å²) in [5.74, 6) is 1.47. The van der Waals surface area contributed by atoms with E-state index in [9.17, 15) is 5.11 Å². The molecule has 8 rings (SSSR count). The molecular formula is C27H37NO2. The van der Waals surface area contributed by atoms with Crippen LogP contribution in [0.15, 0.2) is 12.1 Å². The predicted octanol–water partition coefficient (Wildman–Crippen LogP) is 4.61. The van der Waals surface area contributed by atoms with E-state index in [2.05, 4.69) is 65.6 Å². The van der Waals surface area contributed by atoms with Crippen molar-refractivity contribution in [3.05, 3.63) is 28.8 Å². The van der Waals surface area contributed by atoms with Gasteiger partial charge < -0.3 is 9.84 Å². The van der Waals surface area contributed by atoms with Crippen LogP contribution in [-0.4, -0.2) is 40.3 Å². The van der Waals surface area contributed by atoms with Crippen LogP contribution in [0.25, 0.3) is 0 Å². The Bertz CT molecular complexity index is 1020. The van der Waals surface area contributed by atoms with Gasteiger partial charge in [0.1, 0.15) is 11.9 Å². The third-order valence-electron chi connectivity index (χ3n) is 11.9. The summed E-state index contributed by atoms with van der Waals surface area (Å²) in [7, 11) is 2.37. The Morgan fingerprint density at radius 2 is 1.90 bits per heavy atom. The van der Waals surface area contributed by atoms with E-state index in [4.69, 9.17) is 4.74 Å². The van der Waals surface area contributed by atoms with Crippen molar-refractivity contribution in [1.82, 2.24) is 4.90 Å². The molecular weight excluding hydrogens is 370 g/mol. The van der Waals surface area contributed by atoms with E-state index >= 15 is 0 Å². The van der Waals surface area contributed by atoms with Crippen molar-refractivity contribution in [2.45, 2.75) is 102 Å². The number of benzene rings is 1. The second-order valence-corrected chi connectivity index (χ2v) is 13.5. The van der Waals surface area contributed by atoms with Gasteiger partial charge in [-0.3, -0.25) is 4.90 Å². The van der Waals surface area contributed by atoms with E-state index < -0.39 is 5.60 Å². The Hall–Kier alpha value is -1.06. The molecule has 1 saturated heterocycles. The minimum absolute atomic E-state index is 0.00907. The molecule has 3 nitrogen and oxygen atoms in total. The van der Waals surface area contributed by atoms with Crippen LogP contribution in [0.4, 0.5) is 0 Å². The predicted molar refractivity (Wildman–Crippen MR) is 118 cm³/mol. The van der Waals surface area contributed by atoms with Gasteiger partial charge in [-0.25, -0.2) is 0 Å². The molecule has 4 saturated carbocycles. The molecule has 5 fully saturated rings. The lowest BCUT2D eigenvalue weighted by Crippen LogP contribution is -2.73. The fraction of sp³-hybridized carbons (Fsp3) is 0.778. The Labute approximate surface area is 181 Å². The molecule has 162 valence electrons. The lowest BCUT2D eigenvalue weighted by Gasteiger charge is -2.70. The molecule has 6 unspecified atom stereocenters. The third kappa shape index (κ3) is 1.47. The second-order valence-electron chi connectivity index (χ2n) is 13.5. The molecule has 9 atom stereocenters. The van der Waals surface area contributed by atoms with Crippen LogP contribution in [0, 0.1) is 29.1 Å². The van der Waals surface area contributed by atoms with Crippen LogP contribution in [0.3, 0.4) is 0 Å². The van der Waals surface area contributed by atoms with Crippen LogP contribution in [0.5, 0.6) is 5.75 Å². The van der Waals surface area contributed by atoms with Gasteiger partial charge in [0.2, 0.25) is 0 Å². The number of aryl methyl sites for hydroxylation is 1. The maximum atomic E-state index is 12.0. The second kappa shape index (κ2) is 4.53. The molecule has 2 heterocycles. The molecule has 1 aromatic rings. The molecule has 1 aromatic carbocycles. The molecule has 0 amide bonds. The zero-order valence-corrected chi connectivity index (χ0v) is 19.7. The minimum Gasteiger partial charge on any atom is -0.488 e. The quantitative estimate of drug-likeness (QED) is 0.690. The van der Waals surface area contributed by atoms with Gasteiger partial charge in [0.05, 0.1) is 5.60 Å². The van der Waals surface area contributed by atoms with Gasteiger partial charge in [0.25, 0.3) is 0 Å². The number of likely N-dealkylation sites (N-methyl/N-ethyl adjacent to an activating group) is 1. The maximum absolute atomic E-state index is 12.0. The van der Waals surface area contributed by atoms with Crippen molar-refractivity contribution in [2.75, 3.05) is 7.05 Å². The number of aliphatic hydroxyl groups is 1. The maximum Gasteiger partial charge on any atom is 0.126 e. The first-order valence-corrected chi connectivity index (χ1v) is 12.1. The van der Waals surface area contributed by atoms with Gasteiger partial charge in [-0.15, -0.1) is 0 Å². The van der Waals surface area contributed by atoms with Crippen LogP contribution >= 0.6 is 0 Å². The van der Waals surface area contributed by atoms with Crippen molar-refractivity contribution in [2.24, 2.45) is 22.2 Å². The van der Waals surface area contributed by atoms with E-state index in [1.807, 2.05) is 0 Å². The summed E-state index contributed by atoms with van der Waals surface area (Å²) < 4.78 is 7.09. The average Bonchev–Trinajstić information content (AvgIpc) is 2.98. The van der Waals surface area contributed by atoms with Gasteiger partial charge in [-0.1, -0.05) is 39.8 Å². The molecule has 4 bridgehead atoms. The van der Waals surface area contributed by atoms with E-state index in [0.717, 1.165) is 6.42 Å². The van der Waals surface area contributed by atoms with Crippen LogP contribution in [-0.2, 0) is 11.8 Å². The number of hydrogen-bond donors (Lipinski definition) is 1. The Balaban J connectivity index is 1.52.